The second kappa shape index (κ2) is 3.72. The molecule has 1 nitrogen and oxygen atoms in total. The molecule has 11 heavy (non-hydrogen) atoms. The Bertz CT molecular complexity index is 170. The summed E-state index contributed by atoms with van der Waals surface area (Å²) in [4.78, 5) is 0. The summed E-state index contributed by atoms with van der Waals surface area (Å²) >= 11 is 0. The molecule has 0 aliphatic heterocycles. The van der Waals surface area contributed by atoms with Gasteiger partial charge in [0.2, 0.25) is 0 Å². The van der Waals surface area contributed by atoms with E-state index in [2.05, 4.69) is 38.2 Å². The molecule has 0 N–H and O–H groups in total. The summed E-state index contributed by atoms with van der Waals surface area (Å²) in [5.41, 5.74) is -0.0369. The Balaban J connectivity index is 2.40. The van der Waals surface area contributed by atoms with Gasteiger partial charge < -0.3 is 4.74 Å². The maximum absolute atomic E-state index is 5.68. The third-order valence-electron chi connectivity index (χ3n) is 1.86. The quantitative estimate of drug-likeness (QED) is 0.604. The molecule has 1 aliphatic carbocycles. The van der Waals surface area contributed by atoms with Gasteiger partial charge in [0.1, 0.15) is 0 Å². The Morgan fingerprint density at radius 1 is 1.45 bits per heavy atom. The predicted octanol–water partition coefficient (Wildman–Crippen LogP) is 2.69. The second-order valence-electron chi connectivity index (χ2n) is 3.15. The lowest BCUT2D eigenvalue weighted by Crippen LogP contribution is -2.26. The first-order valence-electron chi connectivity index (χ1n) is 4.25. The lowest BCUT2D eigenvalue weighted by molar-refractivity contribution is 0.00741. The smallest absolute Gasteiger partial charge is 0.0871 e. The topological polar surface area (TPSA) is 9.23 Å². The highest BCUT2D eigenvalue weighted by atomic mass is 16.5. The van der Waals surface area contributed by atoms with E-state index in [0.717, 1.165) is 19.4 Å². The average molecular weight is 152 g/mol. The van der Waals surface area contributed by atoms with Crippen LogP contribution in [0.4, 0.5) is 0 Å². The van der Waals surface area contributed by atoms with Crippen LogP contribution >= 0.6 is 0 Å². The van der Waals surface area contributed by atoms with Gasteiger partial charge in [-0.1, -0.05) is 31.2 Å². The Labute approximate surface area is 68.8 Å². The van der Waals surface area contributed by atoms with Gasteiger partial charge in [-0.3, -0.25) is 0 Å². The zero-order valence-corrected chi connectivity index (χ0v) is 7.34. The first-order valence-corrected chi connectivity index (χ1v) is 4.25. The van der Waals surface area contributed by atoms with Gasteiger partial charge in [0.25, 0.3) is 0 Å². The minimum Gasteiger partial charge on any atom is -0.371 e. The van der Waals surface area contributed by atoms with E-state index in [9.17, 15) is 0 Å². The molecule has 0 saturated carbocycles. The van der Waals surface area contributed by atoms with Crippen molar-refractivity contribution in [2.75, 3.05) is 6.61 Å². The van der Waals surface area contributed by atoms with Gasteiger partial charge in [0.05, 0.1) is 5.60 Å². The maximum Gasteiger partial charge on any atom is 0.0871 e. The van der Waals surface area contributed by atoms with Gasteiger partial charge in [0.15, 0.2) is 0 Å². The van der Waals surface area contributed by atoms with Gasteiger partial charge >= 0.3 is 0 Å². The van der Waals surface area contributed by atoms with E-state index < -0.39 is 0 Å². The van der Waals surface area contributed by atoms with Crippen molar-refractivity contribution >= 4 is 0 Å². The second-order valence-corrected chi connectivity index (χ2v) is 3.15. The molecule has 1 heteroatoms. The van der Waals surface area contributed by atoms with Crippen LogP contribution in [0.2, 0.25) is 0 Å². The first-order chi connectivity index (χ1) is 5.27. The van der Waals surface area contributed by atoms with E-state index >= 15 is 0 Å². The normalized spacial score (nSPS) is 29.3. The maximum atomic E-state index is 5.68. The molecule has 1 rings (SSSR count). The standard InChI is InChI=1S/C10H16O/c1-3-9-11-10(2)7-5-4-6-8-10/h4-7H,3,8-9H2,1-2H3. The van der Waals surface area contributed by atoms with E-state index in [4.69, 9.17) is 4.74 Å². The molecule has 1 unspecified atom stereocenters. The van der Waals surface area contributed by atoms with Crippen LogP contribution in [0.3, 0.4) is 0 Å². The number of rotatable bonds is 3. The van der Waals surface area contributed by atoms with E-state index in [0.29, 0.717) is 0 Å². The molecular formula is C10H16O. The van der Waals surface area contributed by atoms with E-state index in [-0.39, 0.29) is 5.60 Å². The number of ether oxygens (including phenoxy) is 1. The molecule has 62 valence electrons. The molecule has 0 amide bonds. The molecule has 1 atom stereocenters. The fourth-order valence-electron chi connectivity index (χ4n) is 1.15. The first kappa shape index (κ1) is 8.54. The van der Waals surface area contributed by atoms with Gasteiger partial charge in [0, 0.05) is 6.61 Å². The van der Waals surface area contributed by atoms with Crippen LogP contribution in [-0.4, -0.2) is 12.2 Å². The van der Waals surface area contributed by atoms with Crippen molar-refractivity contribution in [3.05, 3.63) is 24.3 Å². The molecule has 0 aromatic rings. The predicted molar refractivity (Wildman–Crippen MR) is 47.5 cm³/mol. The van der Waals surface area contributed by atoms with Crippen LogP contribution in [-0.2, 0) is 4.74 Å². The molecule has 0 radical (unpaired) electrons. The Morgan fingerprint density at radius 3 is 2.82 bits per heavy atom. The summed E-state index contributed by atoms with van der Waals surface area (Å²) in [6.07, 6.45) is 10.5. The molecule has 0 aromatic carbocycles. The lowest BCUT2D eigenvalue weighted by atomic mass is 9.98. The monoisotopic (exact) mass is 152 g/mol. The number of hydrogen-bond acceptors (Lipinski definition) is 1. The van der Waals surface area contributed by atoms with Gasteiger partial charge in [-0.05, 0) is 19.8 Å². The summed E-state index contributed by atoms with van der Waals surface area (Å²) in [7, 11) is 0. The van der Waals surface area contributed by atoms with Crippen LogP contribution in [0.15, 0.2) is 24.3 Å². The summed E-state index contributed by atoms with van der Waals surface area (Å²) in [6.45, 7) is 5.11. The van der Waals surface area contributed by atoms with E-state index in [1.807, 2.05) is 0 Å². The number of hydrogen-bond donors (Lipinski definition) is 0. The summed E-state index contributed by atoms with van der Waals surface area (Å²) in [5.74, 6) is 0. The Hall–Kier alpha value is -0.560. The Kier molecular flexibility index (Phi) is 2.89. The van der Waals surface area contributed by atoms with Gasteiger partial charge in [-0.15, -0.1) is 0 Å². The van der Waals surface area contributed by atoms with Crippen LogP contribution in [0.5, 0.6) is 0 Å². The van der Waals surface area contributed by atoms with Gasteiger partial charge in [-0.25, -0.2) is 0 Å². The van der Waals surface area contributed by atoms with E-state index in [1.54, 1.807) is 0 Å². The molecule has 0 bridgehead atoms. The van der Waals surface area contributed by atoms with Crippen molar-refractivity contribution in [3.8, 4) is 0 Å². The van der Waals surface area contributed by atoms with Crippen molar-refractivity contribution in [3.63, 3.8) is 0 Å². The molecule has 0 saturated heterocycles. The van der Waals surface area contributed by atoms with E-state index in [1.165, 1.54) is 0 Å². The van der Waals surface area contributed by atoms with Crippen molar-refractivity contribution in [1.82, 2.24) is 0 Å². The Morgan fingerprint density at radius 2 is 2.27 bits per heavy atom. The molecule has 0 spiro atoms. The van der Waals surface area contributed by atoms with Crippen molar-refractivity contribution < 1.29 is 4.74 Å². The summed E-state index contributed by atoms with van der Waals surface area (Å²) in [5, 5.41) is 0. The highest BCUT2D eigenvalue weighted by Crippen LogP contribution is 2.21. The zero-order valence-electron chi connectivity index (χ0n) is 7.34. The fraction of sp³-hybridized carbons (Fsp3) is 0.600. The van der Waals surface area contributed by atoms with Crippen LogP contribution in [0, 0.1) is 0 Å². The van der Waals surface area contributed by atoms with Crippen molar-refractivity contribution in [1.29, 1.82) is 0 Å². The minimum atomic E-state index is -0.0369. The van der Waals surface area contributed by atoms with Crippen LogP contribution in [0.1, 0.15) is 26.7 Å². The fourth-order valence-corrected chi connectivity index (χ4v) is 1.15. The molecule has 0 fully saturated rings. The third kappa shape index (κ3) is 2.51. The average Bonchev–Trinajstić information content (AvgIpc) is 2.03. The molecule has 1 aliphatic rings. The van der Waals surface area contributed by atoms with Crippen molar-refractivity contribution in [2.45, 2.75) is 32.3 Å². The van der Waals surface area contributed by atoms with Crippen LogP contribution < -0.4 is 0 Å². The highest BCUT2D eigenvalue weighted by Gasteiger charge is 2.20. The zero-order chi connectivity index (χ0) is 8.16. The largest absolute Gasteiger partial charge is 0.371 e. The summed E-state index contributed by atoms with van der Waals surface area (Å²) < 4.78 is 5.68. The highest BCUT2D eigenvalue weighted by molar-refractivity contribution is 5.17. The third-order valence-corrected chi connectivity index (χ3v) is 1.86. The minimum absolute atomic E-state index is 0.0369. The van der Waals surface area contributed by atoms with Crippen molar-refractivity contribution in [2.24, 2.45) is 0 Å². The SMILES string of the molecule is CCCOC1(C)C=CC=CC1. The number of allylic oxidation sites excluding steroid dienone is 2. The summed E-state index contributed by atoms with van der Waals surface area (Å²) in [6, 6.07) is 0. The molecule has 0 aromatic heterocycles. The lowest BCUT2D eigenvalue weighted by Gasteiger charge is -2.26. The van der Waals surface area contributed by atoms with Gasteiger partial charge in [-0.2, -0.15) is 0 Å². The van der Waals surface area contributed by atoms with Crippen LogP contribution in [0.25, 0.3) is 0 Å². The molecule has 0 heterocycles. The molecular weight excluding hydrogens is 136 g/mol.